The summed E-state index contributed by atoms with van der Waals surface area (Å²) in [6, 6.07) is 0. The van der Waals surface area contributed by atoms with Gasteiger partial charge in [0, 0.05) is 18.2 Å². The predicted molar refractivity (Wildman–Crippen MR) is 58.3 cm³/mol. The fourth-order valence-corrected chi connectivity index (χ4v) is 1.85. The highest BCUT2D eigenvalue weighted by Gasteiger charge is 2.14. The molecule has 2 N–H and O–H groups in total. The van der Waals surface area contributed by atoms with E-state index in [1.807, 2.05) is 0 Å². The van der Waals surface area contributed by atoms with E-state index in [9.17, 15) is 9.59 Å². The third-order valence-electron chi connectivity index (χ3n) is 2.72. The zero-order chi connectivity index (χ0) is 12.0. The summed E-state index contributed by atoms with van der Waals surface area (Å²) in [7, 11) is 0. The van der Waals surface area contributed by atoms with E-state index >= 15 is 0 Å². The summed E-state index contributed by atoms with van der Waals surface area (Å²) >= 11 is 0. The number of likely N-dealkylation sites (tertiary alicyclic amines) is 1. The average molecular weight is 227 g/mol. The van der Waals surface area contributed by atoms with Gasteiger partial charge in [-0.25, -0.2) is 9.59 Å². The topological polar surface area (TPSA) is 77.8 Å². The van der Waals surface area contributed by atoms with Crippen molar-refractivity contribution >= 4 is 11.9 Å². The lowest BCUT2D eigenvalue weighted by Crippen LogP contribution is -2.31. The molecular formula is C11H17NO4. The summed E-state index contributed by atoms with van der Waals surface area (Å²) in [4.78, 5) is 23.4. The van der Waals surface area contributed by atoms with Gasteiger partial charge in [0.2, 0.25) is 0 Å². The van der Waals surface area contributed by atoms with Crippen molar-refractivity contribution in [1.82, 2.24) is 4.90 Å². The van der Waals surface area contributed by atoms with Crippen LogP contribution in [0.25, 0.3) is 0 Å². The Kier molecular flexibility index (Phi) is 4.98. The number of carboxylic acids is 2. The van der Waals surface area contributed by atoms with Crippen LogP contribution >= 0.6 is 0 Å². The predicted octanol–water partition coefficient (Wildman–Crippen LogP) is 0.958. The van der Waals surface area contributed by atoms with Gasteiger partial charge in [-0.2, -0.15) is 0 Å². The lowest BCUT2D eigenvalue weighted by molar-refractivity contribution is -0.135. The maximum Gasteiger partial charge on any atom is 0.331 e. The Morgan fingerprint density at radius 2 is 1.75 bits per heavy atom. The van der Waals surface area contributed by atoms with Gasteiger partial charge in [-0.3, -0.25) is 0 Å². The van der Waals surface area contributed by atoms with Crippen molar-refractivity contribution in [3.05, 3.63) is 11.6 Å². The zero-order valence-electron chi connectivity index (χ0n) is 9.19. The second-order valence-electron chi connectivity index (χ2n) is 3.97. The Labute approximate surface area is 94.4 Å². The molecular weight excluding hydrogens is 210 g/mol. The minimum atomic E-state index is -1.20. The average Bonchev–Trinajstić information content (AvgIpc) is 2.25. The molecule has 0 bridgehead atoms. The molecule has 1 saturated heterocycles. The highest BCUT2D eigenvalue weighted by atomic mass is 16.4. The fraction of sp³-hybridized carbons (Fsp3) is 0.636. The number of rotatable bonds is 5. The van der Waals surface area contributed by atoms with Crippen LogP contribution in [0.1, 0.15) is 25.7 Å². The van der Waals surface area contributed by atoms with Gasteiger partial charge in [-0.1, -0.05) is 6.42 Å². The van der Waals surface area contributed by atoms with Gasteiger partial charge >= 0.3 is 11.9 Å². The van der Waals surface area contributed by atoms with E-state index in [4.69, 9.17) is 10.2 Å². The lowest BCUT2D eigenvalue weighted by Gasteiger charge is -2.26. The van der Waals surface area contributed by atoms with Crippen LogP contribution < -0.4 is 0 Å². The molecule has 0 saturated carbocycles. The number of hydrogen-bond acceptors (Lipinski definition) is 3. The molecule has 0 aromatic rings. The molecule has 0 amide bonds. The third-order valence-corrected chi connectivity index (χ3v) is 2.72. The van der Waals surface area contributed by atoms with Gasteiger partial charge in [0.05, 0.1) is 0 Å². The minimum Gasteiger partial charge on any atom is -0.478 e. The van der Waals surface area contributed by atoms with E-state index in [1.165, 1.54) is 6.42 Å². The highest BCUT2D eigenvalue weighted by Crippen LogP contribution is 2.11. The van der Waals surface area contributed by atoms with Crippen molar-refractivity contribution in [3.63, 3.8) is 0 Å². The first-order valence-corrected chi connectivity index (χ1v) is 5.49. The Balaban J connectivity index is 2.43. The van der Waals surface area contributed by atoms with Crippen LogP contribution in [-0.4, -0.2) is 46.7 Å². The van der Waals surface area contributed by atoms with Crippen molar-refractivity contribution in [2.45, 2.75) is 25.7 Å². The molecule has 1 fully saturated rings. The van der Waals surface area contributed by atoms with Crippen LogP contribution in [0.5, 0.6) is 0 Å². The van der Waals surface area contributed by atoms with E-state index < -0.39 is 11.9 Å². The molecule has 0 atom stereocenters. The lowest BCUT2D eigenvalue weighted by atomic mass is 10.1. The summed E-state index contributed by atoms with van der Waals surface area (Å²) in [5.41, 5.74) is -0.0296. The molecule has 0 aliphatic carbocycles. The standard InChI is InChI=1S/C11H17NO4/c13-10(14)8-9(11(15)16)4-7-12-5-2-1-3-6-12/h8H,1-7H2,(H,13,14)(H,15,16). The number of aliphatic carboxylic acids is 2. The largest absolute Gasteiger partial charge is 0.478 e. The Bertz CT molecular complexity index is 292. The normalized spacial score (nSPS) is 18.4. The summed E-state index contributed by atoms with van der Waals surface area (Å²) in [6.45, 7) is 2.60. The molecule has 0 unspecified atom stereocenters. The van der Waals surface area contributed by atoms with E-state index in [1.54, 1.807) is 0 Å². The highest BCUT2D eigenvalue weighted by molar-refractivity contribution is 5.94. The maximum absolute atomic E-state index is 10.8. The van der Waals surface area contributed by atoms with Crippen LogP contribution in [0, 0.1) is 0 Å². The smallest absolute Gasteiger partial charge is 0.331 e. The molecule has 16 heavy (non-hydrogen) atoms. The Hall–Kier alpha value is -1.36. The van der Waals surface area contributed by atoms with Crippen LogP contribution in [0.4, 0.5) is 0 Å². The first-order valence-electron chi connectivity index (χ1n) is 5.49. The summed E-state index contributed by atoms with van der Waals surface area (Å²) in [6.07, 6.45) is 4.59. The van der Waals surface area contributed by atoms with Crippen molar-refractivity contribution in [3.8, 4) is 0 Å². The second kappa shape index (κ2) is 6.27. The van der Waals surface area contributed by atoms with Gasteiger partial charge in [0.25, 0.3) is 0 Å². The third kappa shape index (κ3) is 4.44. The van der Waals surface area contributed by atoms with Crippen molar-refractivity contribution in [1.29, 1.82) is 0 Å². The van der Waals surface area contributed by atoms with Crippen LogP contribution in [0.15, 0.2) is 11.6 Å². The number of piperidine rings is 1. The summed E-state index contributed by atoms with van der Waals surface area (Å²) in [5.74, 6) is -2.34. The molecule has 0 aromatic heterocycles. The van der Waals surface area contributed by atoms with E-state index in [0.717, 1.165) is 32.0 Å². The SMILES string of the molecule is O=C(O)C=C(CCN1CCCCC1)C(=O)O. The van der Waals surface area contributed by atoms with Crippen molar-refractivity contribution < 1.29 is 19.8 Å². The summed E-state index contributed by atoms with van der Waals surface area (Å²) < 4.78 is 0. The van der Waals surface area contributed by atoms with E-state index in [2.05, 4.69) is 4.90 Å². The van der Waals surface area contributed by atoms with Gasteiger partial charge in [-0.15, -0.1) is 0 Å². The Morgan fingerprint density at radius 3 is 2.25 bits per heavy atom. The number of carbonyl (C=O) groups is 2. The van der Waals surface area contributed by atoms with Crippen LogP contribution in [0.3, 0.4) is 0 Å². The minimum absolute atomic E-state index is 0.0296. The van der Waals surface area contributed by atoms with Crippen molar-refractivity contribution in [2.75, 3.05) is 19.6 Å². The second-order valence-corrected chi connectivity index (χ2v) is 3.97. The number of hydrogen-bond donors (Lipinski definition) is 2. The van der Waals surface area contributed by atoms with E-state index in [-0.39, 0.29) is 5.57 Å². The molecule has 0 aromatic carbocycles. The molecule has 1 aliphatic heterocycles. The molecule has 0 radical (unpaired) electrons. The Morgan fingerprint density at radius 1 is 1.12 bits per heavy atom. The van der Waals surface area contributed by atoms with Gasteiger partial charge < -0.3 is 15.1 Å². The first kappa shape index (κ1) is 12.7. The molecule has 0 spiro atoms. The zero-order valence-corrected chi connectivity index (χ0v) is 9.19. The fourth-order valence-electron chi connectivity index (χ4n) is 1.85. The maximum atomic E-state index is 10.8. The molecule has 1 heterocycles. The van der Waals surface area contributed by atoms with E-state index in [0.29, 0.717) is 13.0 Å². The molecule has 5 heteroatoms. The quantitative estimate of drug-likeness (QED) is 0.684. The van der Waals surface area contributed by atoms with Crippen LogP contribution in [0.2, 0.25) is 0 Å². The molecule has 1 rings (SSSR count). The molecule has 90 valence electrons. The first-order chi connectivity index (χ1) is 7.59. The van der Waals surface area contributed by atoms with Gasteiger partial charge in [-0.05, 0) is 32.4 Å². The van der Waals surface area contributed by atoms with Crippen LogP contribution in [-0.2, 0) is 9.59 Å². The molecule has 5 nitrogen and oxygen atoms in total. The van der Waals surface area contributed by atoms with Crippen molar-refractivity contribution in [2.24, 2.45) is 0 Å². The number of carboxylic acid groups (broad SMARTS) is 2. The summed E-state index contributed by atoms with van der Waals surface area (Å²) in [5, 5.41) is 17.3. The molecule has 1 aliphatic rings. The van der Waals surface area contributed by atoms with Gasteiger partial charge in [0.15, 0.2) is 0 Å². The monoisotopic (exact) mass is 227 g/mol. The van der Waals surface area contributed by atoms with Gasteiger partial charge in [0.1, 0.15) is 0 Å². The number of nitrogens with zero attached hydrogens (tertiary/aromatic N) is 1.